The number of anilines is 1. The van der Waals surface area contributed by atoms with Gasteiger partial charge in [-0.2, -0.15) is 0 Å². The summed E-state index contributed by atoms with van der Waals surface area (Å²) < 4.78 is 24.1. The third-order valence-electron chi connectivity index (χ3n) is 3.37. The van der Waals surface area contributed by atoms with Gasteiger partial charge in [-0.25, -0.2) is 8.42 Å². The van der Waals surface area contributed by atoms with Crippen LogP contribution >= 0.6 is 11.6 Å². The molecule has 0 aliphatic rings. The zero-order chi connectivity index (χ0) is 17.0. The molecule has 2 aromatic carbocycles. The fourth-order valence-corrected chi connectivity index (χ4v) is 3.18. The summed E-state index contributed by atoms with van der Waals surface area (Å²) in [6.45, 7) is 3.28. The van der Waals surface area contributed by atoms with Crippen LogP contribution in [0.3, 0.4) is 0 Å². The van der Waals surface area contributed by atoms with E-state index in [1.165, 1.54) is 0 Å². The van der Waals surface area contributed by atoms with E-state index in [9.17, 15) is 13.2 Å². The summed E-state index contributed by atoms with van der Waals surface area (Å²) in [6, 6.07) is 13.2. The fourth-order valence-electron chi connectivity index (χ4n) is 1.99. The molecule has 1 amide bonds. The second kappa shape index (κ2) is 7.15. The van der Waals surface area contributed by atoms with Crippen molar-refractivity contribution in [3.05, 3.63) is 59.1 Å². The molecule has 1 N–H and O–H groups in total. The van der Waals surface area contributed by atoms with Crippen LogP contribution in [0, 0.1) is 0 Å². The van der Waals surface area contributed by atoms with E-state index in [2.05, 4.69) is 5.32 Å². The number of benzene rings is 2. The van der Waals surface area contributed by atoms with Gasteiger partial charge in [0.1, 0.15) is 0 Å². The molecule has 122 valence electrons. The second-order valence-electron chi connectivity index (χ2n) is 5.47. The highest BCUT2D eigenvalue weighted by Crippen LogP contribution is 2.17. The summed E-state index contributed by atoms with van der Waals surface area (Å²) in [5, 5.41) is 2.90. The standard InChI is InChI=1S/C17H18ClNO3S/c1-12(2)23(21,22)16-9-3-13(4-10-16)11-17(20)19-15-7-5-14(18)6-8-15/h3-10,12H,11H2,1-2H3,(H,19,20). The maximum Gasteiger partial charge on any atom is 0.228 e. The van der Waals surface area contributed by atoms with Crippen molar-refractivity contribution in [3.63, 3.8) is 0 Å². The van der Waals surface area contributed by atoms with E-state index in [1.54, 1.807) is 62.4 Å². The van der Waals surface area contributed by atoms with Gasteiger partial charge in [-0.1, -0.05) is 23.7 Å². The Balaban J connectivity index is 2.03. The van der Waals surface area contributed by atoms with E-state index < -0.39 is 15.1 Å². The highest BCUT2D eigenvalue weighted by Gasteiger charge is 2.18. The summed E-state index contributed by atoms with van der Waals surface area (Å²) in [7, 11) is -3.29. The molecule has 0 atom stereocenters. The molecule has 4 nitrogen and oxygen atoms in total. The van der Waals surface area contributed by atoms with Gasteiger partial charge in [0, 0.05) is 10.7 Å². The molecule has 0 aromatic heterocycles. The lowest BCUT2D eigenvalue weighted by Gasteiger charge is -2.09. The Bertz CT molecular complexity index is 782. The monoisotopic (exact) mass is 351 g/mol. The minimum absolute atomic E-state index is 0.171. The molecule has 2 rings (SSSR count). The second-order valence-corrected chi connectivity index (χ2v) is 8.41. The molecule has 0 aliphatic carbocycles. The molecule has 2 aromatic rings. The molecule has 0 bridgehead atoms. The van der Waals surface area contributed by atoms with Crippen molar-refractivity contribution < 1.29 is 13.2 Å². The predicted molar refractivity (Wildman–Crippen MR) is 92.5 cm³/mol. The van der Waals surface area contributed by atoms with Crippen LogP contribution in [0.2, 0.25) is 5.02 Å². The Morgan fingerprint density at radius 2 is 1.61 bits per heavy atom. The first-order valence-electron chi connectivity index (χ1n) is 7.17. The van der Waals surface area contributed by atoms with Gasteiger partial charge in [0.25, 0.3) is 0 Å². The number of halogens is 1. The van der Waals surface area contributed by atoms with Crippen LogP contribution in [0.15, 0.2) is 53.4 Å². The molecule has 0 unspecified atom stereocenters. The van der Waals surface area contributed by atoms with Crippen molar-refractivity contribution in [3.8, 4) is 0 Å². The molecule has 0 radical (unpaired) electrons. The number of nitrogens with one attached hydrogen (secondary N) is 1. The van der Waals surface area contributed by atoms with Crippen molar-refractivity contribution in [2.24, 2.45) is 0 Å². The molecule has 0 saturated heterocycles. The topological polar surface area (TPSA) is 63.2 Å². The van der Waals surface area contributed by atoms with Gasteiger partial charge in [0.2, 0.25) is 5.91 Å². The zero-order valence-corrected chi connectivity index (χ0v) is 14.5. The lowest BCUT2D eigenvalue weighted by Crippen LogP contribution is -2.15. The van der Waals surface area contributed by atoms with Crippen molar-refractivity contribution in [1.29, 1.82) is 0 Å². The minimum atomic E-state index is -3.29. The van der Waals surface area contributed by atoms with Crippen LogP contribution in [0.1, 0.15) is 19.4 Å². The molecule has 6 heteroatoms. The molecule has 0 aliphatic heterocycles. The minimum Gasteiger partial charge on any atom is -0.326 e. The van der Waals surface area contributed by atoms with Crippen LogP contribution in [0.25, 0.3) is 0 Å². The summed E-state index contributed by atoms with van der Waals surface area (Å²) in [4.78, 5) is 12.3. The first kappa shape index (κ1) is 17.5. The van der Waals surface area contributed by atoms with Crippen LogP contribution in [-0.2, 0) is 21.1 Å². The molecule has 0 saturated carbocycles. The lowest BCUT2D eigenvalue weighted by molar-refractivity contribution is -0.115. The van der Waals surface area contributed by atoms with E-state index in [0.29, 0.717) is 10.7 Å². The Hall–Kier alpha value is -1.85. The SMILES string of the molecule is CC(C)S(=O)(=O)c1ccc(CC(=O)Nc2ccc(Cl)cc2)cc1. The molecule has 0 heterocycles. The summed E-state index contributed by atoms with van der Waals surface area (Å²) >= 11 is 5.79. The molecule has 23 heavy (non-hydrogen) atoms. The van der Waals surface area contributed by atoms with Gasteiger partial charge in [-0.05, 0) is 55.8 Å². The fraction of sp³-hybridized carbons (Fsp3) is 0.235. The maximum absolute atomic E-state index is 12.0. The Morgan fingerprint density at radius 3 is 2.13 bits per heavy atom. The van der Waals surface area contributed by atoms with E-state index in [4.69, 9.17) is 11.6 Å². The number of hydrogen-bond acceptors (Lipinski definition) is 3. The van der Waals surface area contributed by atoms with Crippen LogP contribution in [0.5, 0.6) is 0 Å². The summed E-state index contributed by atoms with van der Waals surface area (Å²) in [5.41, 5.74) is 1.41. The number of carbonyl (C=O) groups is 1. The number of hydrogen-bond donors (Lipinski definition) is 1. The smallest absolute Gasteiger partial charge is 0.228 e. The zero-order valence-electron chi connectivity index (χ0n) is 12.9. The quantitative estimate of drug-likeness (QED) is 0.893. The van der Waals surface area contributed by atoms with Crippen LogP contribution in [0.4, 0.5) is 5.69 Å². The van der Waals surface area contributed by atoms with Crippen molar-refractivity contribution in [2.75, 3.05) is 5.32 Å². The van der Waals surface area contributed by atoms with Crippen LogP contribution < -0.4 is 5.32 Å². The maximum atomic E-state index is 12.0. The number of carbonyl (C=O) groups excluding carboxylic acids is 1. The Labute approximate surface area is 141 Å². The lowest BCUT2D eigenvalue weighted by atomic mass is 10.1. The largest absolute Gasteiger partial charge is 0.326 e. The molecular formula is C17H18ClNO3S. The van der Waals surface area contributed by atoms with E-state index in [0.717, 1.165) is 5.56 Å². The predicted octanol–water partition coefficient (Wildman–Crippen LogP) is 3.70. The highest BCUT2D eigenvalue weighted by atomic mass is 35.5. The van der Waals surface area contributed by atoms with Gasteiger partial charge in [-0.3, -0.25) is 4.79 Å². The average Bonchev–Trinajstić information content (AvgIpc) is 2.50. The van der Waals surface area contributed by atoms with E-state index >= 15 is 0 Å². The Kier molecular flexibility index (Phi) is 5.44. The first-order valence-corrected chi connectivity index (χ1v) is 9.10. The van der Waals surface area contributed by atoms with Gasteiger partial charge >= 0.3 is 0 Å². The van der Waals surface area contributed by atoms with Gasteiger partial charge in [-0.15, -0.1) is 0 Å². The summed E-state index contributed by atoms with van der Waals surface area (Å²) in [6.07, 6.45) is 0.171. The first-order chi connectivity index (χ1) is 10.8. The van der Waals surface area contributed by atoms with Gasteiger partial charge in [0.15, 0.2) is 9.84 Å². The van der Waals surface area contributed by atoms with E-state index in [1.807, 2.05) is 0 Å². The third kappa shape index (κ3) is 4.56. The Morgan fingerprint density at radius 1 is 1.04 bits per heavy atom. The van der Waals surface area contributed by atoms with Crippen molar-refractivity contribution >= 4 is 33.0 Å². The van der Waals surface area contributed by atoms with Crippen molar-refractivity contribution in [2.45, 2.75) is 30.4 Å². The number of sulfone groups is 1. The molecule has 0 fully saturated rings. The number of rotatable bonds is 5. The normalized spacial score (nSPS) is 11.5. The van der Waals surface area contributed by atoms with Crippen LogP contribution in [-0.4, -0.2) is 19.6 Å². The third-order valence-corrected chi connectivity index (χ3v) is 5.79. The average molecular weight is 352 g/mol. The molecular weight excluding hydrogens is 334 g/mol. The van der Waals surface area contributed by atoms with Gasteiger partial charge in [0.05, 0.1) is 16.6 Å². The summed E-state index contributed by atoms with van der Waals surface area (Å²) in [5.74, 6) is -0.174. The molecule has 0 spiro atoms. The van der Waals surface area contributed by atoms with E-state index in [-0.39, 0.29) is 17.2 Å². The van der Waals surface area contributed by atoms with Crippen molar-refractivity contribution in [1.82, 2.24) is 0 Å². The van der Waals surface area contributed by atoms with Gasteiger partial charge < -0.3 is 5.32 Å². The number of amides is 1. The highest BCUT2D eigenvalue weighted by molar-refractivity contribution is 7.92.